The molecule has 1 N–H and O–H groups in total. The van der Waals surface area contributed by atoms with Crippen molar-refractivity contribution in [1.29, 1.82) is 0 Å². The molecular formula is C21H23N3O2. The minimum Gasteiger partial charge on any atom is -0.493 e. The number of fused-ring (bicyclic) bond motifs is 1. The summed E-state index contributed by atoms with van der Waals surface area (Å²) in [6.07, 6.45) is 0.773. The summed E-state index contributed by atoms with van der Waals surface area (Å²) < 4.78 is 10.7. The van der Waals surface area contributed by atoms with Crippen molar-refractivity contribution in [1.82, 2.24) is 4.98 Å². The zero-order chi connectivity index (χ0) is 18.5. The number of nitrogens with zero attached hydrogens (tertiary/aromatic N) is 2. The SMILES string of the molecule is CC/C(=N\Nc1cc(C)c2ccccc2n1)c1ccc(OC)c(OC)c1. The molecule has 3 rings (SSSR count). The highest BCUT2D eigenvalue weighted by Crippen LogP contribution is 2.28. The minimum absolute atomic E-state index is 0.686. The molecule has 0 bridgehead atoms. The fourth-order valence-electron chi connectivity index (χ4n) is 2.89. The summed E-state index contributed by atoms with van der Waals surface area (Å²) in [5, 5.41) is 5.72. The maximum atomic E-state index is 5.39. The van der Waals surface area contributed by atoms with Gasteiger partial charge in [0.15, 0.2) is 11.5 Å². The molecule has 0 aliphatic rings. The van der Waals surface area contributed by atoms with Gasteiger partial charge < -0.3 is 9.47 Å². The van der Waals surface area contributed by atoms with Gasteiger partial charge in [0, 0.05) is 10.9 Å². The van der Waals surface area contributed by atoms with E-state index in [1.165, 1.54) is 0 Å². The van der Waals surface area contributed by atoms with Gasteiger partial charge in [0.05, 0.1) is 25.4 Å². The molecule has 0 fully saturated rings. The zero-order valence-corrected chi connectivity index (χ0v) is 15.5. The lowest BCUT2D eigenvalue weighted by Gasteiger charge is -2.11. The smallest absolute Gasteiger partial charge is 0.161 e. The highest BCUT2D eigenvalue weighted by molar-refractivity contribution is 6.01. The molecule has 0 aliphatic heterocycles. The van der Waals surface area contributed by atoms with Crippen LogP contribution in [-0.2, 0) is 0 Å². The molecule has 5 nitrogen and oxygen atoms in total. The van der Waals surface area contributed by atoms with E-state index in [9.17, 15) is 0 Å². The molecule has 0 aliphatic carbocycles. The predicted molar refractivity (Wildman–Crippen MR) is 106 cm³/mol. The first-order valence-electron chi connectivity index (χ1n) is 8.57. The number of hydrogen-bond donors (Lipinski definition) is 1. The molecule has 2 aromatic carbocycles. The van der Waals surface area contributed by atoms with Crippen LogP contribution in [-0.4, -0.2) is 24.9 Å². The molecule has 0 atom stereocenters. The van der Waals surface area contributed by atoms with Crippen molar-refractivity contribution in [2.75, 3.05) is 19.6 Å². The summed E-state index contributed by atoms with van der Waals surface area (Å²) in [5.41, 5.74) is 7.11. The molecule has 0 radical (unpaired) electrons. The third-order valence-electron chi connectivity index (χ3n) is 4.28. The fourth-order valence-corrected chi connectivity index (χ4v) is 2.89. The predicted octanol–water partition coefficient (Wildman–Crippen LogP) is 4.79. The molecule has 1 heterocycles. The lowest BCUT2D eigenvalue weighted by Crippen LogP contribution is -2.05. The topological polar surface area (TPSA) is 55.7 Å². The van der Waals surface area contributed by atoms with Crippen molar-refractivity contribution in [2.24, 2.45) is 5.10 Å². The van der Waals surface area contributed by atoms with Gasteiger partial charge in [0.25, 0.3) is 0 Å². The van der Waals surface area contributed by atoms with Crippen LogP contribution in [0.3, 0.4) is 0 Å². The number of nitrogens with one attached hydrogen (secondary N) is 1. The van der Waals surface area contributed by atoms with Crippen LogP contribution in [0.15, 0.2) is 53.6 Å². The molecule has 134 valence electrons. The van der Waals surface area contributed by atoms with Gasteiger partial charge in [-0.1, -0.05) is 25.1 Å². The van der Waals surface area contributed by atoms with Crippen LogP contribution in [0.2, 0.25) is 0 Å². The van der Waals surface area contributed by atoms with Crippen LogP contribution >= 0.6 is 0 Å². The number of rotatable bonds is 6. The number of para-hydroxylation sites is 1. The van der Waals surface area contributed by atoms with E-state index in [1.807, 2.05) is 42.5 Å². The Labute approximate surface area is 153 Å². The summed E-state index contributed by atoms with van der Waals surface area (Å²) in [6, 6.07) is 15.9. The van der Waals surface area contributed by atoms with Gasteiger partial charge in [-0.05, 0) is 49.2 Å². The van der Waals surface area contributed by atoms with E-state index in [-0.39, 0.29) is 0 Å². The maximum absolute atomic E-state index is 5.39. The molecule has 0 saturated carbocycles. The van der Waals surface area contributed by atoms with E-state index in [2.05, 4.69) is 35.4 Å². The van der Waals surface area contributed by atoms with E-state index < -0.39 is 0 Å². The maximum Gasteiger partial charge on any atom is 0.161 e. The molecule has 0 unspecified atom stereocenters. The van der Waals surface area contributed by atoms with E-state index in [4.69, 9.17) is 9.47 Å². The molecule has 1 aromatic heterocycles. The van der Waals surface area contributed by atoms with Crippen molar-refractivity contribution >= 4 is 22.4 Å². The first-order chi connectivity index (χ1) is 12.7. The number of benzene rings is 2. The Hall–Kier alpha value is -3.08. The number of methoxy groups -OCH3 is 2. The average molecular weight is 349 g/mol. The standard InChI is InChI=1S/C21H23N3O2/c1-5-17(15-10-11-19(25-3)20(13-15)26-4)23-24-21-12-14(2)16-8-6-7-9-18(16)22-21/h6-13H,5H2,1-4H3,(H,22,24)/b23-17+. The van der Waals surface area contributed by atoms with Gasteiger partial charge in [0.1, 0.15) is 5.82 Å². The summed E-state index contributed by atoms with van der Waals surface area (Å²) in [4.78, 5) is 4.63. The lowest BCUT2D eigenvalue weighted by molar-refractivity contribution is 0.355. The molecule has 5 heteroatoms. The molecule has 26 heavy (non-hydrogen) atoms. The van der Waals surface area contributed by atoms with Crippen molar-refractivity contribution < 1.29 is 9.47 Å². The number of pyridine rings is 1. The van der Waals surface area contributed by atoms with E-state index in [0.717, 1.165) is 40.0 Å². The van der Waals surface area contributed by atoms with Gasteiger partial charge in [-0.2, -0.15) is 5.10 Å². The summed E-state index contributed by atoms with van der Waals surface area (Å²) in [7, 11) is 3.26. The highest BCUT2D eigenvalue weighted by atomic mass is 16.5. The number of anilines is 1. The van der Waals surface area contributed by atoms with E-state index in [0.29, 0.717) is 11.5 Å². The average Bonchev–Trinajstić information content (AvgIpc) is 2.68. The number of hydrazone groups is 1. The second-order valence-electron chi connectivity index (χ2n) is 5.94. The van der Waals surface area contributed by atoms with Crippen molar-refractivity contribution in [2.45, 2.75) is 20.3 Å². The van der Waals surface area contributed by atoms with Gasteiger partial charge in [0.2, 0.25) is 0 Å². The molecule has 0 spiro atoms. The second kappa shape index (κ2) is 7.87. The van der Waals surface area contributed by atoms with E-state index >= 15 is 0 Å². The van der Waals surface area contributed by atoms with Crippen molar-refractivity contribution in [3.05, 3.63) is 59.7 Å². The monoisotopic (exact) mass is 349 g/mol. The Morgan fingerprint density at radius 2 is 1.81 bits per heavy atom. The van der Waals surface area contributed by atoms with Gasteiger partial charge in [-0.15, -0.1) is 0 Å². The lowest BCUT2D eigenvalue weighted by atomic mass is 10.1. The van der Waals surface area contributed by atoms with Crippen LogP contribution in [0.4, 0.5) is 5.82 Å². The number of aromatic nitrogens is 1. The van der Waals surface area contributed by atoms with Crippen molar-refractivity contribution in [3.8, 4) is 11.5 Å². The number of ether oxygens (including phenoxy) is 2. The Morgan fingerprint density at radius 3 is 2.54 bits per heavy atom. The first-order valence-corrected chi connectivity index (χ1v) is 8.57. The van der Waals surface area contributed by atoms with Crippen LogP contribution in [0.1, 0.15) is 24.5 Å². The highest BCUT2D eigenvalue weighted by Gasteiger charge is 2.09. The Bertz CT molecular complexity index is 951. The van der Waals surface area contributed by atoms with Crippen LogP contribution < -0.4 is 14.9 Å². The van der Waals surface area contributed by atoms with Crippen LogP contribution in [0.25, 0.3) is 10.9 Å². The Balaban J connectivity index is 1.90. The van der Waals surface area contributed by atoms with Gasteiger partial charge in [-0.3, -0.25) is 5.43 Å². The summed E-state index contributed by atoms with van der Waals surface area (Å²) >= 11 is 0. The van der Waals surface area contributed by atoms with Crippen LogP contribution in [0, 0.1) is 6.92 Å². The third-order valence-corrected chi connectivity index (χ3v) is 4.28. The normalized spacial score (nSPS) is 11.5. The Kier molecular flexibility index (Phi) is 5.37. The van der Waals surface area contributed by atoms with Gasteiger partial charge in [-0.25, -0.2) is 4.98 Å². The molecular weight excluding hydrogens is 326 g/mol. The van der Waals surface area contributed by atoms with E-state index in [1.54, 1.807) is 14.2 Å². The molecule has 0 amide bonds. The minimum atomic E-state index is 0.686. The first kappa shape index (κ1) is 17.7. The summed E-state index contributed by atoms with van der Waals surface area (Å²) in [6.45, 7) is 4.14. The van der Waals surface area contributed by atoms with Gasteiger partial charge >= 0.3 is 0 Å². The quantitative estimate of drug-likeness (QED) is 0.514. The molecule has 0 saturated heterocycles. The zero-order valence-electron chi connectivity index (χ0n) is 15.5. The van der Waals surface area contributed by atoms with Crippen LogP contribution in [0.5, 0.6) is 11.5 Å². The summed E-state index contributed by atoms with van der Waals surface area (Å²) in [5.74, 6) is 2.12. The number of aryl methyl sites for hydroxylation is 1. The number of hydrogen-bond acceptors (Lipinski definition) is 5. The largest absolute Gasteiger partial charge is 0.493 e. The fraction of sp³-hybridized carbons (Fsp3) is 0.238. The second-order valence-corrected chi connectivity index (χ2v) is 5.94. The third kappa shape index (κ3) is 3.61. The Morgan fingerprint density at radius 1 is 1.04 bits per heavy atom. The van der Waals surface area contributed by atoms with Crippen molar-refractivity contribution in [3.63, 3.8) is 0 Å². The molecule has 3 aromatic rings.